The fourth-order valence-corrected chi connectivity index (χ4v) is 3.59. The lowest BCUT2D eigenvalue weighted by molar-refractivity contribution is 0.178. The molecule has 27 heavy (non-hydrogen) atoms. The third-order valence-corrected chi connectivity index (χ3v) is 5.06. The van der Waals surface area contributed by atoms with Gasteiger partial charge in [0, 0.05) is 32.6 Å². The Labute approximate surface area is 161 Å². The minimum absolute atomic E-state index is 0.0197. The van der Waals surface area contributed by atoms with Crippen molar-refractivity contribution < 1.29 is 4.79 Å². The molecule has 1 aliphatic heterocycles. The van der Waals surface area contributed by atoms with Crippen LogP contribution in [0.4, 0.5) is 4.79 Å². The van der Waals surface area contributed by atoms with E-state index < -0.39 is 0 Å². The average molecular weight is 371 g/mol. The van der Waals surface area contributed by atoms with Crippen LogP contribution in [0.3, 0.4) is 0 Å². The predicted octanol–water partition coefficient (Wildman–Crippen LogP) is 2.01. The molecule has 1 aliphatic rings. The van der Waals surface area contributed by atoms with Gasteiger partial charge >= 0.3 is 6.03 Å². The summed E-state index contributed by atoms with van der Waals surface area (Å²) < 4.78 is 2.08. The van der Waals surface area contributed by atoms with Crippen molar-refractivity contribution in [3.8, 4) is 0 Å². The van der Waals surface area contributed by atoms with Crippen LogP contribution in [0, 0.1) is 0 Å². The van der Waals surface area contributed by atoms with E-state index in [0.717, 1.165) is 44.0 Å². The Kier molecular flexibility index (Phi) is 6.45. The number of carbonyl (C=O) groups is 1. The first kappa shape index (κ1) is 19.4. The number of carbonyl (C=O) groups excluding carboxylic acids is 1. The van der Waals surface area contributed by atoms with E-state index in [1.807, 2.05) is 44.2 Å². The van der Waals surface area contributed by atoms with Crippen LogP contribution in [-0.2, 0) is 20.0 Å². The molecule has 0 spiro atoms. The zero-order valence-corrected chi connectivity index (χ0v) is 16.6. The third-order valence-electron chi connectivity index (χ3n) is 5.06. The van der Waals surface area contributed by atoms with Crippen molar-refractivity contribution in [3.05, 3.63) is 47.5 Å². The maximum Gasteiger partial charge on any atom is 0.317 e. The minimum atomic E-state index is 0.0197. The summed E-state index contributed by atoms with van der Waals surface area (Å²) in [7, 11) is 6.07. The van der Waals surface area contributed by atoms with Gasteiger partial charge in [-0.2, -0.15) is 0 Å². The highest BCUT2D eigenvalue weighted by molar-refractivity contribution is 5.74. The average Bonchev–Trinajstić information content (AvgIpc) is 3.02. The number of hydrogen-bond acceptors (Lipinski definition) is 4. The lowest BCUT2D eigenvalue weighted by Crippen LogP contribution is -2.45. The molecule has 7 nitrogen and oxygen atoms in total. The molecule has 2 heterocycles. The summed E-state index contributed by atoms with van der Waals surface area (Å²) in [6.45, 7) is 2.92. The molecule has 2 aromatic rings. The first-order valence-electron chi connectivity index (χ1n) is 9.64. The van der Waals surface area contributed by atoms with E-state index in [0.29, 0.717) is 13.1 Å². The number of piperidine rings is 1. The Balaban J connectivity index is 1.54. The van der Waals surface area contributed by atoms with E-state index in [4.69, 9.17) is 0 Å². The Morgan fingerprint density at radius 3 is 2.78 bits per heavy atom. The number of benzene rings is 1. The summed E-state index contributed by atoms with van der Waals surface area (Å²) >= 11 is 0. The van der Waals surface area contributed by atoms with Gasteiger partial charge in [-0.1, -0.05) is 30.3 Å². The van der Waals surface area contributed by atoms with Crippen molar-refractivity contribution in [1.82, 2.24) is 29.9 Å². The van der Waals surface area contributed by atoms with E-state index >= 15 is 0 Å². The van der Waals surface area contributed by atoms with Crippen molar-refractivity contribution in [3.63, 3.8) is 0 Å². The standard InChI is InChI=1S/C20H30N6O/c1-24(2)15-18-22-23-19(25(18)3)17-10-7-13-26(14-17)20(27)21-12-11-16-8-5-4-6-9-16/h4-6,8-9,17H,7,10-15H2,1-3H3,(H,21,27)/t17-/m1/s1. The summed E-state index contributed by atoms with van der Waals surface area (Å²) in [5.41, 5.74) is 1.24. The Morgan fingerprint density at radius 2 is 2.04 bits per heavy atom. The van der Waals surface area contributed by atoms with Crippen molar-refractivity contribution in [2.24, 2.45) is 7.05 Å². The van der Waals surface area contributed by atoms with Gasteiger partial charge < -0.3 is 19.7 Å². The van der Waals surface area contributed by atoms with E-state index in [9.17, 15) is 4.79 Å². The normalized spacial score (nSPS) is 17.3. The quantitative estimate of drug-likeness (QED) is 0.845. The fourth-order valence-electron chi connectivity index (χ4n) is 3.59. The summed E-state index contributed by atoms with van der Waals surface area (Å²) in [4.78, 5) is 16.6. The van der Waals surface area contributed by atoms with Gasteiger partial charge in [-0.3, -0.25) is 0 Å². The smallest absolute Gasteiger partial charge is 0.317 e. The van der Waals surface area contributed by atoms with Crippen molar-refractivity contribution in [2.75, 3.05) is 33.7 Å². The molecule has 2 amide bonds. The number of nitrogens with one attached hydrogen (secondary N) is 1. The molecule has 0 bridgehead atoms. The van der Waals surface area contributed by atoms with Gasteiger partial charge in [0.05, 0.1) is 6.54 Å². The minimum Gasteiger partial charge on any atom is -0.338 e. The molecule has 1 aromatic carbocycles. The number of rotatable bonds is 6. The number of aromatic nitrogens is 3. The zero-order valence-electron chi connectivity index (χ0n) is 16.6. The summed E-state index contributed by atoms with van der Waals surface area (Å²) in [6.07, 6.45) is 2.88. The van der Waals surface area contributed by atoms with Gasteiger partial charge in [-0.05, 0) is 38.9 Å². The fraction of sp³-hybridized carbons (Fsp3) is 0.550. The molecular formula is C20H30N6O. The third kappa shape index (κ3) is 5.07. The summed E-state index contributed by atoms with van der Waals surface area (Å²) in [5, 5.41) is 11.8. The predicted molar refractivity (Wildman–Crippen MR) is 105 cm³/mol. The molecule has 0 saturated carbocycles. The lowest BCUT2D eigenvalue weighted by Gasteiger charge is -2.32. The highest BCUT2D eigenvalue weighted by atomic mass is 16.2. The van der Waals surface area contributed by atoms with E-state index in [-0.39, 0.29) is 11.9 Å². The highest BCUT2D eigenvalue weighted by Gasteiger charge is 2.28. The van der Waals surface area contributed by atoms with Gasteiger partial charge in [0.1, 0.15) is 11.6 Å². The number of likely N-dealkylation sites (tertiary alicyclic amines) is 1. The monoisotopic (exact) mass is 370 g/mol. The molecule has 0 unspecified atom stereocenters. The molecular weight excluding hydrogens is 340 g/mol. The van der Waals surface area contributed by atoms with Crippen LogP contribution >= 0.6 is 0 Å². The van der Waals surface area contributed by atoms with Crippen LogP contribution in [0.5, 0.6) is 0 Å². The molecule has 146 valence electrons. The molecule has 1 aromatic heterocycles. The van der Waals surface area contributed by atoms with Gasteiger partial charge in [0.2, 0.25) is 0 Å². The zero-order chi connectivity index (χ0) is 19.2. The maximum absolute atomic E-state index is 12.6. The summed E-state index contributed by atoms with van der Waals surface area (Å²) in [6, 6.07) is 10.2. The number of urea groups is 1. The van der Waals surface area contributed by atoms with Gasteiger partial charge in [-0.15, -0.1) is 10.2 Å². The molecule has 0 radical (unpaired) electrons. The molecule has 1 N–H and O–H groups in total. The Bertz CT molecular complexity index is 742. The van der Waals surface area contributed by atoms with Crippen molar-refractivity contribution >= 4 is 6.03 Å². The molecule has 1 saturated heterocycles. The Hall–Kier alpha value is -2.41. The first-order chi connectivity index (χ1) is 13.0. The van der Waals surface area contributed by atoms with Crippen LogP contribution < -0.4 is 5.32 Å². The van der Waals surface area contributed by atoms with E-state index in [1.54, 1.807) is 0 Å². The van der Waals surface area contributed by atoms with Crippen LogP contribution in [0.1, 0.15) is 36.0 Å². The largest absolute Gasteiger partial charge is 0.338 e. The van der Waals surface area contributed by atoms with Crippen LogP contribution in [0.2, 0.25) is 0 Å². The molecule has 1 fully saturated rings. The second-order valence-corrected chi connectivity index (χ2v) is 7.52. The second kappa shape index (κ2) is 8.99. The first-order valence-corrected chi connectivity index (χ1v) is 9.64. The summed E-state index contributed by atoms with van der Waals surface area (Å²) in [5.74, 6) is 2.18. The molecule has 7 heteroatoms. The molecule has 1 atom stereocenters. The van der Waals surface area contributed by atoms with Gasteiger partial charge in [0.15, 0.2) is 0 Å². The van der Waals surface area contributed by atoms with E-state index in [2.05, 4.69) is 37.1 Å². The van der Waals surface area contributed by atoms with Crippen molar-refractivity contribution in [2.45, 2.75) is 31.7 Å². The SMILES string of the molecule is CN(C)Cc1nnc([C@@H]2CCCN(C(=O)NCCc3ccccc3)C2)n1C. The van der Waals surface area contributed by atoms with Gasteiger partial charge in [-0.25, -0.2) is 4.79 Å². The Morgan fingerprint density at radius 1 is 1.26 bits per heavy atom. The topological polar surface area (TPSA) is 66.3 Å². The number of amides is 2. The van der Waals surface area contributed by atoms with Crippen molar-refractivity contribution in [1.29, 1.82) is 0 Å². The second-order valence-electron chi connectivity index (χ2n) is 7.52. The lowest BCUT2D eigenvalue weighted by atomic mass is 9.97. The number of nitrogens with zero attached hydrogens (tertiary/aromatic N) is 5. The molecule has 3 rings (SSSR count). The van der Waals surface area contributed by atoms with Crippen LogP contribution in [-0.4, -0.2) is 64.3 Å². The number of hydrogen-bond donors (Lipinski definition) is 1. The maximum atomic E-state index is 12.6. The van der Waals surface area contributed by atoms with Gasteiger partial charge in [0.25, 0.3) is 0 Å². The van der Waals surface area contributed by atoms with Crippen LogP contribution in [0.15, 0.2) is 30.3 Å². The van der Waals surface area contributed by atoms with E-state index in [1.165, 1.54) is 5.56 Å². The molecule has 0 aliphatic carbocycles. The highest BCUT2D eigenvalue weighted by Crippen LogP contribution is 2.25. The van der Waals surface area contributed by atoms with Crippen LogP contribution in [0.25, 0.3) is 0 Å².